The van der Waals surface area contributed by atoms with E-state index in [0.717, 1.165) is 17.7 Å². The Balaban J connectivity index is 2.19. The number of benzene rings is 2. The maximum Gasteiger partial charge on any atom is 0.151 e. The Hall–Kier alpha value is -2.30. The summed E-state index contributed by atoms with van der Waals surface area (Å²) in [4.78, 5) is 0. The minimum absolute atomic E-state index is 0.101. The van der Waals surface area contributed by atoms with Gasteiger partial charge in [0.2, 0.25) is 0 Å². The molecule has 0 heterocycles. The molecule has 2 rings (SSSR count). The molecule has 0 unspecified atom stereocenters. The van der Waals surface area contributed by atoms with Crippen LogP contribution in [-0.4, -0.2) is 7.11 Å². The maximum atomic E-state index is 13.3. The molecule has 0 aliphatic rings. The molecule has 5 heteroatoms. The lowest BCUT2D eigenvalue weighted by Gasteiger charge is -2.12. The summed E-state index contributed by atoms with van der Waals surface area (Å²) in [7, 11) is 1.56. The van der Waals surface area contributed by atoms with Gasteiger partial charge in [-0.05, 0) is 12.1 Å². The monoisotopic (exact) mass is 264 g/mol. The van der Waals surface area contributed by atoms with Crippen LogP contribution in [-0.2, 0) is 6.54 Å². The molecule has 3 nitrogen and oxygen atoms in total. The van der Waals surface area contributed by atoms with Crippen LogP contribution < -0.4 is 15.8 Å². The first-order valence-corrected chi connectivity index (χ1v) is 5.72. The van der Waals surface area contributed by atoms with Gasteiger partial charge in [0, 0.05) is 18.2 Å². The van der Waals surface area contributed by atoms with E-state index in [1.54, 1.807) is 7.11 Å². The Morgan fingerprint density at radius 3 is 2.68 bits per heavy atom. The Bertz CT molecular complexity index is 588. The molecule has 0 saturated carbocycles. The summed E-state index contributed by atoms with van der Waals surface area (Å²) in [6.45, 7) is 0.358. The van der Waals surface area contributed by atoms with Gasteiger partial charge in [-0.1, -0.05) is 18.2 Å². The van der Waals surface area contributed by atoms with Crippen LogP contribution >= 0.6 is 0 Å². The fourth-order valence-electron chi connectivity index (χ4n) is 1.77. The van der Waals surface area contributed by atoms with Gasteiger partial charge in [0.05, 0.1) is 18.5 Å². The van der Waals surface area contributed by atoms with E-state index in [4.69, 9.17) is 10.5 Å². The Morgan fingerprint density at radius 1 is 1.21 bits per heavy atom. The molecule has 0 atom stereocenters. The van der Waals surface area contributed by atoms with Crippen LogP contribution in [0.15, 0.2) is 36.4 Å². The SMILES string of the molecule is COc1ccccc1CNc1cc(F)cc(F)c1N. The number of nitrogen functional groups attached to an aromatic ring is 1. The zero-order valence-electron chi connectivity index (χ0n) is 10.4. The fourth-order valence-corrected chi connectivity index (χ4v) is 1.77. The zero-order valence-corrected chi connectivity index (χ0v) is 10.4. The van der Waals surface area contributed by atoms with Gasteiger partial charge in [0.25, 0.3) is 0 Å². The number of hydrogen-bond donors (Lipinski definition) is 2. The van der Waals surface area contributed by atoms with Crippen LogP contribution in [0.3, 0.4) is 0 Å². The predicted octanol–water partition coefficient (Wildman–Crippen LogP) is 3.17. The van der Waals surface area contributed by atoms with Gasteiger partial charge in [0.15, 0.2) is 5.82 Å². The quantitative estimate of drug-likeness (QED) is 0.834. The molecule has 2 aromatic rings. The average molecular weight is 264 g/mol. The zero-order chi connectivity index (χ0) is 13.8. The van der Waals surface area contributed by atoms with Gasteiger partial charge in [-0.25, -0.2) is 8.78 Å². The third kappa shape index (κ3) is 2.93. The molecule has 0 spiro atoms. The highest BCUT2D eigenvalue weighted by atomic mass is 19.1. The molecule has 2 aromatic carbocycles. The number of halogens is 2. The first-order valence-electron chi connectivity index (χ1n) is 5.72. The summed E-state index contributed by atoms with van der Waals surface area (Å²) in [5.74, 6) is -0.748. The molecule has 100 valence electrons. The van der Waals surface area contributed by atoms with Gasteiger partial charge >= 0.3 is 0 Å². The number of nitrogens with one attached hydrogen (secondary N) is 1. The molecule has 0 fully saturated rings. The lowest BCUT2D eigenvalue weighted by Crippen LogP contribution is -2.05. The fraction of sp³-hybridized carbons (Fsp3) is 0.143. The average Bonchev–Trinajstić information content (AvgIpc) is 2.41. The minimum atomic E-state index is -0.775. The molecule has 0 aliphatic carbocycles. The maximum absolute atomic E-state index is 13.3. The number of para-hydroxylation sites is 1. The van der Waals surface area contributed by atoms with Gasteiger partial charge in [0.1, 0.15) is 11.6 Å². The van der Waals surface area contributed by atoms with Crippen molar-refractivity contribution < 1.29 is 13.5 Å². The number of ether oxygens (including phenoxy) is 1. The normalized spacial score (nSPS) is 10.3. The largest absolute Gasteiger partial charge is 0.496 e. The van der Waals surface area contributed by atoms with E-state index >= 15 is 0 Å². The van der Waals surface area contributed by atoms with E-state index < -0.39 is 11.6 Å². The van der Waals surface area contributed by atoms with Crippen molar-refractivity contribution in [3.63, 3.8) is 0 Å². The summed E-state index contributed by atoms with van der Waals surface area (Å²) in [5.41, 5.74) is 6.55. The summed E-state index contributed by atoms with van der Waals surface area (Å²) >= 11 is 0. The van der Waals surface area contributed by atoms with E-state index in [2.05, 4.69) is 5.32 Å². The lowest BCUT2D eigenvalue weighted by molar-refractivity contribution is 0.410. The van der Waals surface area contributed by atoms with Gasteiger partial charge < -0.3 is 15.8 Å². The second-order valence-electron chi connectivity index (χ2n) is 4.01. The molecule has 0 aromatic heterocycles. The number of hydrogen-bond acceptors (Lipinski definition) is 3. The lowest BCUT2D eigenvalue weighted by atomic mass is 10.2. The van der Waals surface area contributed by atoms with Gasteiger partial charge in [-0.3, -0.25) is 0 Å². The molecule has 0 amide bonds. The molecule has 19 heavy (non-hydrogen) atoms. The molecular formula is C14H14F2N2O. The Labute approximate surface area is 110 Å². The number of anilines is 2. The van der Waals surface area contributed by atoms with E-state index in [1.165, 1.54) is 0 Å². The minimum Gasteiger partial charge on any atom is -0.496 e. The Morgan fingerprint density at radius 2 is 1.95 bits per heavy atom. The number of rotatable bonds is 4. The molecule has 0 aliphatic heterocycles. The highest BCUT2D eigenvalue weighted by Gasteiger charge is 2.09. The molecule has 0 radical (unpaired) electrons. The number of nitrogens with two attached hydrogens (primary N) is 1. The van der Waals surface area contributed by atoms with Crippen molar-refractivity contribution in [1.29, 1.82) is 0 Å². The van der Waals surface area contributed by atoms with E-state index in [-0.39, 0.29) is 11.4 Å². The standard InChI is InChI=1S/C14H14F2N2O/c1-19-13-5-3-2-4-9(13)8-18-12-7-10(15)6-11(16)14(12)17/h2-7,18H,8,17H2,1H3. The van der Waals surface area contributed by atoms with Crippen LogP contribution in [0.5, 0.6) is 5.75 Å². The second kappa shape index (κ2) is 5.56. The summed E-state index contributed by atoms with van der Waals surface area (Å²) < 4.78 is 31.6. The second-order valence-corrected chi connectivity index (χ2v) is 4.01. The highest BCUT2D eigenvalue weighted by molar-refractivity contribution is 5.66. The molecule has 3 N–H and O–H groups in total. The van der Waals surface area contributed by atoms with Crippen molar-refractivity contribution in [3.8, 4) is 5.75 Å². The third-order valence-electron chi connectivity index (χ3n) is 2.76. The molecule has 0 bridgehead atoms. The number of methoxy groups -OCH3 is 1. The smallest absolute Gasteiger partial charge is 0.151 e. The van der Waals surface area contributed by atoms with Crippen LogP contribution in [0.1, 0.15) is 5.56 Å². The van der Waals surface area contributed by atoms with Crippen LogP contribution in [0, 0.1) is 11.6 Å². The first kappa shape index (κ1) is 13.1. The molecular weight excluding hydrogens is 250 g/mol. The van der Waals surface area contributed by atoms with Crippen molar-refractivity contribution in [2.45, 2.75) is 6.54 Å². The van der Waals surface area contributed by atoms with Crippen molar-refractivity contribution in [3.05, 3.63) is 53.6 Å². The van der Waals surface area contributed by atoms with Crippen LogP contribution in [0.4, 0.5) is 20.2 Å². The first-order chi connectivity index (χ1) is 9.11. The van der Waals surface area contributed by atoms with Gasteiger partial charge in [-0.15, -0.1) is 0 Å². The topological polar surface area (TPSA) is 47.3 Å². The molecule has 0 saturated heterocycles. The van der Waals surface area contributed by atoms with Crippen molar-refractivity contribution in [2.75, 3.05) is 18.2 Å². The summed E-state index contributed by atoms with van der Waals surface area (Å²) in [6.07, 6.45) is 0. The van der Waals surface area contributed by atoms with E-state index in [9.17, 15) is 8.78 Å². The van der Waals surface area contributed by atoms with Gasteiger partial charge in [-0.2, -0.15) is 0 Å². The highest BCUT2D eigenvalue weighted by Crippen LogP contribution is 2.25. The van der Waals surface area contributed by atoms with Crippen molar-refractivity contribution in [2.24, 2.45) is 0 Å². The van der Waals surface area contributed by atoms with Crippen molar-refractivity contribution >= 4 is 11.4 Å². The summed E-state index contributed by atoms with van der Waals surface area (Å²) in [6, 6.07) is 9.29. The predicted molar refractivity (Wildman–Crippen MR) is 71.1 cm³/mol. The summed E-state index contributed by atoms with van der Waals surface area (Å²) in [5, 5.41) is 2.90. The van der Waals surface area contributed by atoms with E-state index in [1.807, 2.05) is 24.3 Å². The van der Waals surface area contributed by atoms with Crippen LogP contribution in [0.2, 0.25) is 0 Å². The van der Waals surface area contributed by atoms with Crippen LogP contribution in [0.25, 0.3) is 0 Å². The third-order valence-corrected chi connectivity index (χ3v) is 2.76. The van der Waals surface area contributed by atoms with E-state index in [0.29, 0.717) is 12.3 Å². The van der Waals surface area contributed by atoms with Crippen molar-refractivity contribution in [1.82, 2.24) is 0 Å². The Kier molecular flexibility index (Phi) is 3.85.